The maximum absolute atomic E-state index is 13.9. The summed E-state index contributed by atoms with van der Waals surface area (Å²) < 4.78 is 61.2. The predicted molar refractivity (Wildman–Crippen MR) is 202 cm³/mol. The first-order chi connectivity index (χ1) is 28.5. The second-order valence-corrected chi connectivity index (χ2v) is 13.9. The van der Waals surface area contributed by atoms with Crippen molar-refractivity contribution in [2.45, 2.75) is 88.5 Å². The minimum atomic E-state index is -1.66. The molecule has 59 heavy (non-hydrogen) atoms. The van der Waals surface area contributed by atoms with Crippen LogP contribution in [0, 0.1) is 0 Å². The van der Waals surface area contributed by atoms with Gasteiger partial charge in [0.25, 0.3) is 0 Å². The van der Waals surface area contributed by atoms with E-state index >= 15 is 0 Å². The first-order valence-corrected chi connectivity index (χ1v) is 19.0. The van der Waals surface area contributed by atoms with Gasteiger partial charge in [-0.3, -0.25) is 9.59 Å². The van der Waals surface area contributed by atoms with Gasteiger partial charge in [-0.1, -0.05) is 84.9 Å². The molecule has 0 amide bonds. The molecule has 0 saturated carbocycles. The van der Waals surface area contributed by atoms with E-state index in [1.807, 2.05) is 6.07 Å². The zero-order chi connectivity index (χ0) is 41.5. The summed E-state index contributed by atoms with van der Waals surface area (Å²) in [5.74, 6) is -3.99. The average Bonchev–Trinajstić information content (AvgIpc) is 3.25. The molecule has 3 heterocycles. The maximum atomic E-state index is 13.9. The molecule has 0 bridgehead atoms. The second-order valence-electron chi connectivity index (χ2n) is 13.9. The Morgan fingerprint density at radius 1 is 0.492 bits per heavy atom. The number of benzene rings is 4. The van der Waals surface area contributed by atoms with Crippen LogP contribution in [0.5, 0.6) is 0 Å². The van der Waals surface area contributed by atoms with Crippen LogP contribution in [0.4, 0.5) is 0 Å². The van der Waals surface area contributed by atoms with Crippen molar-refractivity contribution in [3.05, 3.63) is 144 Å². The van der Waals surface area contributed by atoms with E-state index < -0.39 is 97.5 Å². The van der Waals surface area contributed by atoms with Crippen LogP contribution in [0.1, 0.15) is 63.7 Å². The van der Waals surface area contributed by atoms with Gasteiger partial charge in [0.05, 0.1) is 29.4 Å². The quantitative estimate of drug-likeness (QED) is 0.144. The molecular weight excluding hydrogens is 768 g/mol. The van der Waals surface area contributed by atoms with Crippen LogP contribution in [0.3, 0.4) is 0 Å². The van der Waals surface area contributed by atoms with Crippen molar-refractivity contribution in [3.8, 4) is 0 Å². The Labute approximate surface area is 339 Å². The molecule has 7 rings (SSSR count). The minimum Gasteiger partial charge on any atom is -0.453 e. The lowest BCUT2D eigenvalue weighted by Gasteiger charge is -2.50. The Hall–Kier alpha value is -5.97. The summed E-state index contributed by atoms with van der Waals surface area (Å²) in [7, 11) is 0. The summed E-state index contributed by atoms with van der Waals surface area (Å²) in [6.07, 6.45) is -14.7. The highest BCUT2D eigenvalue weighted by Gasteiger charge is 2.58. The van der Waals surface area contributed by atoms with Crippen molar-refractivity contribution in [1.82, 2.24) is 0 Å². The van der Waals surface area contributed by atoms with Crippen LogP contribution in [-0.4, -0.2) is 97.9 Å². The van der Waals surface area contributed by atoms with Gasteiger partial charge >= 0.3 is 29.8 Å². The van der Waals surface area contributed by atoms with E-state index in [0.29, 0.717) is 5.56 Å². The molecule has 3 fully saturated rings. The van der Waals surface area contributed by atoms with Gasteiger partial charge in [0.15, 0.2) is 37.0 Å². The van der Waals surface area contributed by atoms with Gasteiger partial charge in [-0.05, 0) is 43.3 Å². The maximum Gasteiger partial charge on any atom is 0.338 e. The number of rotatable bonds is 11. The van der Waals surface area contributed by atoms with E-state index in [9.17, 15) is 24.0 Å². The fourth-order valence-electron chi connectivity index (χ4n) is 7.01. The third-order valence-corrected chi connectivity index (χ3v) is 9.72. The lowest BCUT2D eigenvalue weighted by molar-refractivity contribution is -0.386. The third-order valence-electron chi connectivity index (χ3n) is 9.72. The Kier molecular flexibility index (Phi) is 13.1. The summed E-state index contributed by atoms with van der Waals surface area (Å²) in [6.45, 7) is 3.80. The van der Waals surface area contributed by atoms with Crippen molar-refractivity contribution in [1.29, 1.82) is 0 Å². The molecule has 11 atom stereocenters. The summed E-state index contributed by atoms with van der Waals surface area (Å²) in [6, 6.07) is 33.2. The van der Waals surface area contributed by atoms with Gasteiger partial charge in [0.1, 0.15) is 18.3 Å². The fourth-order valence-corrected chi connectivity index (χ4v) is 7.01. The van der Waals surface area contributed by atoms with Crippen LogP contribution in [0.25, 0.3) is 0 Å². The van der Waals surface area contributed by atoms with Crippen molar-refractivity contribution >= 4 is 29.8 Å². The monoisotopic (exact) mass is 810 g/mol. The third kappa shape index (κ3) is 9.84. The van der Waals surface area contributed by atoms with Gasteiger partial charge in [-0.25, -0.2) is 14.4 Å². The molecule has 0 aromatic heterocycles. The molecule has 3 aliphatic rings. The molecule has 308 valence electrons. The molecule has 0 N–H and O–H groups in total. The molecule has 4 aromatic carbocycles. The Morgan fingerprint density at radius 3 is 1.46 bits per heavy atom. The standard InChI is InChI=1S/C44H42O15/c1-25-33(55-39(47)28-16-8-4-9-17-28)35(56-40(48)29-18-10-5-11-19-29)38(57-41(49)30-20-12-6-13-21-30)43(51-25)59-36-34-32(24-50-42(58-34)31-22-14-7-15-23-31)54-44(53-27(3)46)37(36)52-26(2)45/h4-23,25,32-38,42-44H,24H2,1-3H3/t25-,32+,33-,34+,35+,36-,37+,38+,42?,43-,44?/m0/s1. The van der Waals surface area contributed by atoms with Gasteiger partial charge in [0, 0.05) is 19.4 Å². The van der Waals surface area contributed by atoms with Crippen LogP contribution >= 0.6 is 0 Å². The normalized spacial score (nSPS) is 28.8. The van der Waals surface area contributed by atoms with E-state index in [1.165, 1.54) is 24.3 Å². The van der Waals surface area contributed by atoms with E-state index in [2.05, 4.69) is 0 Å². The zero-order valence-electron chi connectivity index (χ0n) is 32.2. The fraction of sp³-hybridized carbons (Fsp3) is 0.341. The summed E-state index contributed by atoms with van der Waals surface area (Å²) >= 11 is 0. The zero-order valence-corrected chi connectivity index (χ0v) is 32.2. The highest BCUT2D eigenvalue weighted by Crippen LogP contribution is 2.40. The van der Waals surface area contributed by atoms with Gasteiger partial charge in [-0.2, -0.15) is 0 Å². The SMILES string of the molecule is CC(=O)OC1O[C@@H]2COC(c3ccccc3)O[C@H]2[C@H](O[C@@H]2O[C@@H](C)[C@H](OC(=O)c3ccccc3)[C@@H](OC(=O)c3ccccc3)[C@H]2OC(=O)c2ccccc2)[C@H]1OC(C)=O. The molecule has 0 aliphatic carbocycles. The molecule has 15 heteroatoms. The molecule has 0 spiro atoms. The molecule has 2 unspecified atom stereocenters. The number of ether oxygens (including phenoxy) is 10. The number of carbonyl (C=O) groups excluding carboxylic acids is 5. The van der Waals surface area contributed by atoms with E-state index in [-0.39, 0.29) is 23.3 Å². The molecule has 3 saturated heterocycles. The van der Waals surface area contributed by atoms with Crippen LogP contribution in [0.2, 0.25) is 0 Å². The van der Waals surface area contributed by atoms with E-state index in [1.54, 1.807) is 97.9 Å². The molecule has 3 aliphatic heterocycles. The van der Waals surface area contributed by atoms with Gasteiger partial charge in [-0.15, -0.1) is 0 Å². The number of hydrogen-bond donors (Lipinski definition) is 0. The molecular formula is C44H42O15. The Morgan fingerprint density at radius 2 is 0.949 bits per heavy atom. The summed E-state index contributed by atoms with van der Waals surface area (Å²) in [4.78, 5) is 66.4. The van der Waals surface area contributed by atoms with Crippen LogP contribution < -0.4 is 0 Å². The lowest BCUT2D eigenvalue weighted by atomic mass is 9.95. The van der Waals surface area contributed by atoms with Gasteiger partial charge in [0.2, 0.25) is 6.29 Å². The number of esters is 5. The first kappa shape index (κ1) is 41.2. The van der Waals surface area contributed by atoms with Crippen molar-refractivity contribution in [2.24, 2.45) is 0 Å². The number of fused-ring (bicyclic) bond motifs is 1. The largest absolute Gasteiger partial charge is 0.453 e. The van der Waals surface area contributed by atoms with E-state index in [4.69, 9.17) is 47.4 Å². The smallest absolute Gasteiger partial charge is 0.338 e. The lowest BCUT2D eigenvalue weighted by Crippen LogP contribution is -2.67. The first-order valence-electron chi connectivity index (χ1n) is 19.0. The topological polar surface area (TPSA) is 178 Å². The summed E-state index contributed by atoms with van der Waals surface area (Å²) in [5.41, 5.74) is 1.14. The van der Waals surface area contributed by atoms with Crippen molar-refractivity contribution < 1.29 is 71.3 Å². The van der Waals surface area contributed by atoms with Crippen molar-refractivity contribution in [3.63, 3.8) is 0 Å². The Balaban J connectivity index is 1.30. The van der Waals surface area contributed by atoms with Gasteiger partial charge < -0.3 is 47.4 Å². The highest BCUT2D eigenvalue weighted by molar-refractivity contribution is 5.91. The minimum absolute atomic E-state index is 0.0716. The van der Waals surface area contributed by atoms with Crippen LogP contribution in [-0.2, 0) is 57.0 Å². The second kappa shape index (κ2) is 18.7. The average molecular weight is 811 g/mol. The van der Waals surface area contributed by atoms with Crippen LogP contribution in [0.15, 0.2) is 121 Å². The summed E-state index contributed by atoms with van der Waals surface area (Å²) in [5, 5.41) is 0. The predicted octanol–water partition coefficient (Wildman–Crippen LogP) is 5.13. The molecule has 4 aromatic rings. The number of hydrogen-bond acceptors (Lipinski definition) is 15. The van der Waals surface area contributed by atoms with E-state index in [0.717, 1.165) is 13.8 Å². The molecule has 0 radical (unpaired) electrons. The number of carbonyl (C=O) groups is 5. The Bertz CT molecular complexity index is 2070. The molecule has 15 nitrogen and oxygen atoms in total. The van der Waals surface area contributed by atoms with Crippen molar-refractivity contribution in [2.75, 3.05) is 6.61 Å². The highest BCUT2D eigenvalue weighted by atomic mass is 16.8.